The van der Waals surface area contributed by atoms with Crippen LogP contribution >= 0.6 is 0 Å². The number of hydrogen-bond acceptors (Lipinski definition) is 8. The summed E-state index contributed by atoms with van der Waals surface area (Å²) in [6.45, 7) is 3.91. The van der Waals surface area contributed by atoms with Crippen molar-refractivity contribution in [3.63, 3.8) is 0 Å². The van der Waals surface area contributed by atoms with Gasteiger partial charge in [0, 0.05) is 26.1 Å². The van der Waals surface area contributed by atoms with Gasteiger partial charge in [-0.05, 0) is 44.6 Å². The Morgan fingerprint density at radius 3 is 2.58 bits per heavy atom. The van der Waals surface area contributed by atoms with E-state index < -0.39 is 6.10 Å². The molecule has 2 aromatic rings. The number of aryl methyl sites for hydroxylation is 1. The van der Waals surface area contributed by atoms with E-state index in [9.17, 15) is 5.11 Å². The number of methoxy groups -OCH3 is 1. The highest BCUT2D eigenvalue weighted by Gasteiger charge is 2.20. The van der Waals surface area contributed by atoms with Crippen LogP contribution in [0.3, 0.4) is 0 Å². The number of aromatic nitrogens is 2. The van der Waals surface area contributed by atoms with E-state index in [2.05, 4.69) is 27.0 Å². The van der Waals surface area contributed by atoms with Crippen molar-refractivity contribution in [1.29, 1.82) is 0 Å². The Morgan fingerprint density at radius 1 is 1.13 bits per heavy atom. The normalized spacial score (nSPS) is 16.1. The van der Waals surface area contributed by atoms with Crippen molar-refractivity contribution in [2.24, 2.45) is 0 Å². The first-order valence-electron chi connectivity index (χ1n) is 11.1. The molecule has 1 atom stereocenters. The van der Waals surface area contributed by atoms with Crippen LogP contribution in [-0.4, -0.2) is 71.6 Å². The van der Waals surface area contributed by atoms with Crippen molar-refractivity contribution < 1.29 is 19.0 Å². The van der Waals surface area contributed by atoms with E-state index in [-0.39, 0.29) is 6.61 Å². The molecule has 8 heteroatoms. The van der Waals surface area contributed by atoms with Gasteiger partial charge in [0.2, 0.25) is 11.8 Å². The first-order chi connectivity index (χ1) is 14.9. The summed E-state index contributed by atoms with van der Waals surface area (Å²) in [6.07, 6.45) is 5.81. The van der Waals surface area contributed by atoms with Crippen LogP contribution < -0.4 is 9.47 Å². The average Bonchev–Trinajstić information content (AvgIpc) is 3.17. The standard InChI is InChI=1S/C23H36N4O4/c1-17-24-25-23(31-17)15-26(2)13-18-10-11-21(22(12-18)29-4)30-16-20(28)14-27(3)19-8-6-5-7-9-19/h10-12,19-20,28H,5-9,13-16H2,1-4H3/t20-/m1/s1. The van der Waals surface area contributed by atoms with Gasteiger partial charge in [0.1, 0.15) is 12.7 Å². The topological polar surface area (TPSA) is 84.1 Å². The molecule has 1 aromatic carbocycles. The number of aliphatic hydroxyl groups excluding tert-OH is 1. The minimum Gasteiger partial charge on any atom is -0.493 e. The van der Waals surface area contributed by atoms with Gasteiger partial charge >= 0.3 is 0 Å². The van der Waals surface area contributed by atoms with Gasteiger partial charge in [0.15, 0.2) is 11.5 Å². The van der Waals surface area contributed by atoms with Gasteiger partial charge in [-0.3, -0.25) is 4.90 Å². The Morgan fingerprint density at radius 2 is 1.90 bits per heavy atom. The molecule has 0 spiro atoms. The molecular weight excluding hydrogens is 396 g/mol. The Balaban J connectivity index is 1.49. The SMILES string of the molecule is COc1cc(CN(C)Cc2nnc(C)o2)ccc1OC[C@H](O)CN(C)C1CCCCC1. The van der Waals surface area contributed by atoms with Crippen LogP contribution in [0, 0.1) is 6.92 Å². The van der Waals surface area contributed by atoms with Crippen molar-refractivity contribution in [1.82, 2.24) is 20.0 Å². The van der Waals surface area contributed by atoms with Crippen molar-refractivity contribution in [2.75, 3.05) is 34.4 Å². The zero-order valence-electron chi connectivity index (χ0n) is 19.2. The van der Waals surface area contributed by atoms with E-state index in [0.29, 0.717) is 49.0 Å². The summed E-state index contributed by atoms with van der Waals surface area (Å²) in [6, 6.07) is 6.45. The van der Waals surface area contributed by atoms with Crippen molar-refractivity contribution in [3.05, 3.63) is 35.5 Å². The lowest BCUT2D eigenvalue weighted by Gasteiger charge is -2.32. The molecule has 1 N–H and O–H groups in total. The number of likely N-dealkylation sites (N-methyl/N-ethyl adjacent to an activating group) is 1. The highest BCUT2D eigenvalue weighted by Crippen LogP contribution is 2.29. The summed E-state index contributed by atoms with van der Waals surface area (Å²) in [4.78, 5) is 4.36. The van der Waals surface area contributed by atoms with E-state index in [1.807, 2.05) is 25.2 Å². The number of hydrogen-bond donors (Lipinski definition) is 1. The van der Waals surface area contributed by atoms with Crippen LogP contribution in [0.25, 0.3) is 0 Å². The zero-order valence-corrected chi connectivity index (χ0v) is 19.2. The molecule has 1 heterocycles. The van der Waals surface area contributed by atoms with Crippen LogP contribution in [0.4, 0.5) is 0 Å². The average molecular weight is 433 g/mol. The van der Waals surface area contributed by atoms with Gasteiger partial charge in [-0.1, -0.05) is 25.3 Å². The van der Waals surface area contributed by atoms with Gasteiger partial charge in [0.05, 0.1) is 13.7 Å². The largest absolute Gasteiger partial charge is 0.493 e. The molecule has 0 amide bonds. The number of nitrogens with zero attached hydrogens (tertiary/aromatic N) is 4. The molecule has 8 nitrogen and oxygen atoms in total. The lowest BCUT2D eigenvalue weighted by molar-refractivity contribution is 0.0553. The van der Waals surface area contributed by atoms with Crippen molar-refractivity contribution in [2.45, 2.75) is 64.3 Å². The lowest BCUT2D eigenvalue weighted by atomic mass is 9.94. The van der Waals surface area contributed by atoms with Gasteiger partial charge in [-0.2, -0.15) is 0 Å². The number of rotatable bonds is 11. The molecular formula is C23H36N4O4. The summed E-state index contributed by atoms with van der Waals surface area (Å²) in [5.74, 6) is 2.46. The molecule has 0 aliphatic heterocycles. The van der Waals surface area contributed by atoms with Gasteiger partial charge < -0.3 is 23.9 Å². The monoisotopic (exact) mass is 432 g/mol. The van der Waals surface area contributed by atoms with E-state index in [4.69, 9.17) is 13.9 Å². The fourth-order valence-corrected chi connectivity index (χ4v) is 4.17. The summed E-state index contributed by atoms with van der Waals surface area (Å²) in [5.41, 5.74) is 1.08. The van der Waals surface area contributed by atoms with Crippen LogP contribution in [-0.2, 0) is 13.1 Å². The molecule has 1 fully saturated rings. The summed E-state index contributed by atoms with van der Waals surface area (Å²) in [7, 11) is 5.72. The second-order valence-electron chi connectivity index (χ2n) is 8.57. The summed E-state index contributed by atoms with van der Waals surface area (Å²) < 4.78 is 16.8. The molecule has 1 aliphatic carbocycles. The zero-order chi connectivity index (χ0) is 22.2. The predicted octanol–water partition coefficient (Wildman–Crippen LogP) is 3.02. The maximum atomic E-state index is 10.5. The van der Waals surface area contributed by atoms with E-state index in [0.717, 1.165) is 5.56 Å². The highest BCUT2D eigenvalue weighted by atomic mass is 16.5. The first kappa shape index (κ1) is 23.5. The van der Waals surface area contributed by atoms with Crippen LogP contribution in [0.15, 0.2) is 22.6 Å². The smallest absolute Gasteiger partial charge is 0.230 e. The fourth-order valence-electron chi connectivity index (χ4n) is 4.17. The third-order valence-electron chi connectivity index (χ3n) is 5.78. The molecule has 1 aromatic heterocycles. The van der Waals surface area contributed by atoms with Gasteiger partial charge in [-0.25, -0.2) is 0 Å². The molecule has 0 saturated heterocycles. The van der Waals surface area contributed by atoms with E-state index >= 15 is 0 Å². The van der Waals surface area contributed by atoms with Crippen molar-refractivity contribution >= 4 is 0 Å². The Kier molecular flexibility index (Phi) is 8.69. The Hall–Kier alpha value is -2.16. The number of benzene rings is 1. The summed E-state index contributed by atoms with van der Waals surface area (Å²) >= 11 is 0. The van der Waals surface area contributed by atoms with Crippen LogP contribution in [0.5, 0.6) is 11.5 Å². The quantitative estimate of drug-likeness (QED) is 0.580. The summed E-state index contributed by atoms with van der Waals surface area (Å²) in [5, 5.41) is 18.4. The molecule has 1 aliphatic rings. The fraction of sp³-hybridized carbons (Fsp3) is 0.652. The van der Waals surface area contributed by atoms with E-state index in [1.54, 1.807) is 14.0 Å². The molecule has 0 unspecified atom stereocenters. The van der Waals surface area contributed by atoms with Crippen molar-refractivity contribution in [3.8, 4) is 11.5 Å². The van der Waals surface area contributed by atoms with E-state index in [1.165, 1.54) is 32.1 Å². The number of ether oxygens (including phenoxy) is 2. The van der Waals surface area contributed by atoms with Gasteiger partial charge in [0.25, 0.3) is 0 Å². The van der Waals surface area contributed by atoms with Gasteiger partial charge in [-0.15, -0.1) is 10.2 Å². The minimum absolute atomic E-state index is 0.239. The third-order valence-corrected chi connectivity index (χ3v) is 5.78. The molecule has 31 heavy (non-hydrogen) atoms. The number of aliphatic hydroxyl groups is 1. The molecule has 172 valence electrons. The highest BCUT2D eigenvalue weighted by molar-refractivity contribution is 5.43. The second kappa shape index (κ2) is 11.5. The maximum absolute atomic E-state index is 10.5. The first-order valence-corrected chi connectivity index (χ1v) is 11.1. The third kappa shape index (κ3) is 7.19. The molecule has 0 bridgehead atoms. The predicted molar refractivity (Wildman–Crippen MR) is 118 cm³/mol. The molecule has 1 saturated carbocycles. The van der Waals surface area contributed by atoms with Crippen LogP contribution in [0.1, 0.15) is 49.4 Å². The Bertz CT molecular complexity index is 807. The molecule has 0 radical (unpaired) electrons. The maximum Gasteiger partial charge on any atom is 0.230 e. The lowest BCUT2D eigenvalue weighted by Crippen LogP contribution is -2.40. The van der Waals surface area contributed by atoms with Crippen LogP contribution in [0.2, 0.25) is 0 Å². The Labute approximate surface area is 185 Å². The minimum atomic E-state index is -0.541. The second-order valence-corrected chi connectivity index (χ2v) is 8.57. The molecule has 3 rings (SSSR count).